The Morgan fingerprint density at radius 2 is 1.58 bits per heavy atom. The summed E-state index contributed by atoms with van der Waals surface area (Å²) in [6, 6.07) is 0.952. The Bertz CT molecular complexity index is 162. The maximum atomic E-state index is 3.76. The van der Waals surface area contributed by atoms with Crippen molar-refractivity contribution in [3.05, 3.63) is 0 Å². The minimum Gasteiger partial charge on any atom is -0.313 e. The van der Waals surface area contributed by atoms with E-state index >= 15 is 0 Å². The third-order valence-corrected chi connectivity index (χ3v) is 4.00. The van der Waals surface area contributed by atoms with Gasteiger partial charge in [-0.05, 0) is 50.0 Å². The van der Waals surface area contributed by atoms with Gasteiger partial charge in [0.25, 0.3) is 0 Å². The molecule has 0 aliphatic heterocycles. The summed E-state index contributed by atoms with van der Waals surface area (Å²) in [7, 11) is 0. The Kier molecular flexibility index (Phi) is 1.68. The van der Waals surface area contributed by atoms with Crippen molar-refractivity contribution >= 4 is 0 Å². The van der Waals surface area contributed by atoms with Crippen molar-refractivity contribution in [2.45, 2.75) is 44.6 Å². The molecule has 2 unspecified atom stereocenters. The average Bonchev–Trinajstić information content (AvgIpc) is 2.97. The molecule has 3 aliphatic carbocycles. The van der Waals surface area contributed by atoms with Crippen molar-refractivity contribution in [1.82, 2.24) is 5.32 Å². The van der Waals surface area contributed by atoms with E-state index < -0.39 is 0 Å². The molecule has 0 bridgehead atoms. The lowest BCUT2D eigenvalue weighted by Gasteiger charge is -2.04. The third kappa shape index (κ3) is 1.28. The molecule has 0 aromatic carbocycles. The molecule has 0 aromatic rings. The number of hydrogen-bond donors (Lipinski definition) is 1. The molecule has 3 rings (SSSR count). The number of rotatable bonds is 3. The summed E-state index contributed by atoms with van der Waals surface area (Å²) < 4.78 is 0. The molecule has 0 heterocycles. The van der Waals surface area contributed by atoms with Gasteiger partial charge >= 0.3 is 0 Å². The van der Waals surface area contributed by atoms with Gasteiger partial charge in [-0.25, -0.2) is 0 Å². The molecule has 0 radical (unpaired) electrons. The van der Waals surface area contributed by atoms with Crippen LogP contribution in [0, 0.1) is 17.8 Å². The van der Waals surface area contributed by atoms with E-state index in [0.29, 0.717) is 0 Å². The van der Waals surface area contributed by atoms with E-state index in [9.17, 15) is 0 Å². The molecular formula is C11H19N. The van der Waals surface area contributed by atoms with E-state index in [0.717, 1.165) is 23.8 Å². The van der Waals surface area contributed by atoms with Gasteiger partial charge < -0.3 is 5.32 Å². The van der Waals surface area contributed by atoms with Gasteiger partial charge in [-0.1, -0.05) is 12.8 Å². The second-order valence-electron chi connectivity index (χ2n) is 4.99. The Morgan fingerprint density at radius 3 is 2.17 bits per heavy atom. The predicted octanol–water partition coefficient (Wildman–Crippen LogP) is 2.17. The molecule has 1 heteroatoms. The van der Waals surface area contributed by atoms with Gasteiger partial charge in [-0.3, -0.25) is 0 Å². The van der Waals surface area contributed by atoms with Gasteiger partial charge in [0.1, 0.15) is 0 Å². The Balaban J connectivity index is 1.45. The predicted molar refractivity (Wildman–Crippen MR) is 50.0 cm³/mol. The van der Waals surface area contributed by atoms with Crippen molar-refractivity contribution in [2.24, 2.45) is 17.8 Å². The Morgan fingerprint density at radius 1 is 0.917 bits per heavy atom. The van der Waals surface area contributed by atoms with E-state index in [-0.39, 0.29) is 0 Å². The van der Waals surface area contributed by atoms with Crippen LogP contribution in [0.3, 0.4) is 0 Å². The standard InChI is InChI=1S/C11H19N/c1-2-4-10-9(3-1)11(10)12-7-8-5-6-8/h8-12H,1-7H2. The maximum absolute atomic E-state index is 3.76. The summed E-state index contributed by atoms with van der Waals surface area (Å²) >= 11 is 0. The molecule has 0 spiro atoms. The van der Waals surface area contributed by atoms with E-state index in [1.807, 2.05) is 0 Å². The topological polar surface area (TPSA) is 12.0 Å². The summed E-state index contributed by atoms with van der Waals surface area (Å²) in [5.74, 6) is 3.25. The van der Waals surface area contributed by atoms with Crippen molar-refractivity contribution in [1.29, 1.82) is 0 Å². The largest absolute Gasteiger partial charge is 0.313 e. The summed E-state index contributed by atoms with van der Waals surface area (Å²) in [6.45, 7) is 1.33. The van der Waals surface area contributed by atoms with Crippen molar-refractivity contribution in [3.8, 4) is 0 Å². The van der Waals surface area contributed by atoms with E-state index in [1.54, 1.807) is 0 Å². The maximum Gasteiger partial charge on any atom is 0.0130 e. The van der Waals surface area contributed by atoms with Crippen LogP contribution >= 0.6 is 0 Å². The summed E-state index contributed by atoms with van der Waals surface area (Å²) in [5, 5.41) is 3.76. The van der Waals surface area contributed by atoms with Crippen LogP contribution in [0.2, 0.25) is 0 Å². The number of nitrogens with one attached hydrogen (secondary N) is 1. The molecule has 1 nitrogen and oxygen atoms in total. The minimum atomic E-state index is 0.952. The normalized spacial score (nSPS) is 45.5. The van der Waals surface area contributed by atoms with Gasteiger partial charge in [0, 0.05) is 6.04 Å². The molecule has 3 aliphatic rings. The zero-order chi connectivity index (χ0) is 7.97. The van der Waals surface area contributed by atoms with Crippen LogP contribution in [0.15, 0.2) is 0 Å². The lowest BCUT2D eigenvalue weighted by atomic mass is 10.0. The van der Waals surface area contributed by atoms with Gasteiger partial charge in [-0.2, -0.15) is 0 Å². The van der Waals surface area contributed by atoms with E-state index in [4.69, 9.17) is 0 Å². The van der Waals surface area contributed by atoms with Gasteiger partial charge in [-0.15, -0.1) is 0 Å². The first-order valence-corrected chi connectivity index (χ1v) is 5.68. The monoisotopic (exact) mass is 165 g/mol. The Labute approximate surface area is 74.9 Å². The minimum absolute atomic E-state index is 0.952. The fourth-order valence-corrected chi connectivity index (χ4v) is 2.92. The highest BCUT2D eigenvalue weighted by Gasteiger charge is 2.50. The van der Waals surface area contributed by atoms with E-state index in [1.165, 1.54) is 45.1 Å². The molecular weight excluding hydrogens is 146 g/mol. The zero-order valence-corrected chi connectivity index (χ0v) is 7.76. The van der Waals surface area contributed by atoms with Gasteiger partial charge in [0.2, 0.25) is 0 Å². The molecule has 1 N–H and O–H groups in total. The summed E-state index contributed by atoms with van der Waals surface area (Å²) in [5.41, 5.74) is 0. The molecule has 0 amide bonds. The van der Waals surface area contributed by atoms with E-state index in [2.05, 4.69) is 5.32 Å². The smallest absolute Gasteiger partial charge is 0.0130 e. The molecule has 12 heavy (non-hydrogen) atoms. The van der Waals surface area contributed by atoms with Gasteiger partial charge in [0.05, 0.1) is 0 Å². The highest BCUT2D eigenvalue weighted by Crippen LogP contribution is 2.49. The van der Waals surface area contributed by atoms with Crippen LogP contribution in [0.4, 0.5) is 0 Å². The second kappa shape index (κ2) is 2.73. The fraction of sp³-hybridized carbons (Fsp3) is 1.00. The van der Waals surface area contributed by atoms with Crippen molar-refractivity contribution in [2.75, 3.05) is 6.54 Å². The molecule has 68 valence electrons. The van der Waals surface area contributed by atoms with Crippen LogP contribution < -0.4 is 5.32 Å². The van der Waals surface area contributed by atoms with Crippen molar-refractivity contribution in [3.63, 3.8) is 0 Å². The highest BCUT2D eigenvalue weighted by molar-refractivity contribution is 5.05. The van der Waals surface area contributed by atoms with Crippen LogP contribution in [0.25, 0.3) is 0 Å². The molecule has 0 saturated heterocycles. The molecule has 0 aromatic heterocycles. The summed E-state index contributed by atoms with van der Waals surface area (Å²) in [4.78, 5) is 0. The quantitative estimate of drug-likeness (QED) is 0.676. The second-order valence-corrected chi connectivity index (χ2v) is 4.99. The van der Waals surface area contributed by atoms with Crippen molar-refractivity contribution < 1.29 is 0 Å². The van der Waals surface area contributed by atoms with Crippen LogP contribution in [0.5, 0.6) is 0 Å². The lowest BCUT2D eigenvalue weighted by Crippen LogP contribution is -2.21. The van der Waals surface area contributed by atoms with Gasteiger partial charge in [0.15, 0.2) is 0 Å². The average molecular weight is 165 g/mol. The van der Waals surface area contributed by atoms with Crippen LogP contribution in [-0.4, -0.2) is 12.6 Å². The zero-order valence-electron chi connectivity index (χ0n) is 7.76. The fourth-order valence-electron chi connectivity index (χ4n) is 2.92. The van der Waals surface area contributed by atoms with Crippen LogP contribution in [-0.2, 0) is 0 Å². The third-order valence-electron chi connectivity index (χ3n) is 4.00. The summed E-state index contributed by atoms with van der Waals surface area (Å²) in [6.07, 6.45) is 9.04. The molecule has 3 saturated carbocycles. The first-order valence-electron chi connectivity index (χ1n) is 5.68. The Hall–Kier alpha value is -0.0400. The number of fused-ring (bicyclic) bond motifs is 1. The highest BCUT2D eigenvalue weighted by atomic mass is 15.0. The lowest BCUT2D eigenvalue weighted by molar-refractivity contribution is 0.480. The van der Waals surface area contributed by atoms with Crippen LogP contribution in [0.1, 0.15) is 38.5 Å². The molecule has 2 atom stereocenters. The molecule has 3 fully saturated rings. The first-order chi connectivity index (χ1) is 5.95. The number of hydrogen-bond acceptors (Lipinski definition) is 1. The first kappa shape index (κ1) is 7.37. The SMILES string of the molecule is C1CCC2C(C1)C2NCC1CC1.